The molecule has 2 N–H and O–H groups in total. The van der Waals surface area contributed by atoms with E-state index >= 15 is 0 Å². The summed E-state index contributed by atoms with van der Waals surface area (Å²) in [6, 6.07) is 0.539. The summed E-state index contributed by atoms with van der Waals surface area (Å²) in [5.41, 5.74) is 0.403. The Labute approximate surface area is 168 Å². The summed E-state index contributed by atoms with van der Waals surface area (Å²) >= 11 is 0. The van der Waals surface area contributed by atoms with E-state index in [4.69, 9.17) is 9.47 Å². The summed E-state index contributed by atoms with van der Waals surface area (Å²) in [5, 5.41) is 7.62. The first-order valence-electron chi connectivity index (χ1n) is 11.1. The fourth-order valence-corrected chi connectivity index (χ4v) is 5.04. The third-order valence-electron chi connectivity index (χ3n) is 6.71. The summed E-state index contributed by atoms with van der Waals surface area (Å²) in [6.45, 7) is 22.1. The third-order valence-corrected chi connectivity index (χ3v) is 6.71. The summed E-state index contributed by atoms with van der Waals surface area (Å²) in [4.78, 5) is 0. The zero-order valence-corrected chi connectivity index (χ0v) is 19.4. The molecular weight excluding hydrogens is 336 g/mol. The van der Waals surface area contributed by atoms with Gasteiger partial charge in [0.05, 0.1) is 25.4 Å². The van der Waals surface area contributed by atoms with Gasteiger partial charge in [0.2, 0.25) is 0 Å². The van der Waals surface area contributed by atoms with Gasteiger partial charge in [0.25, 0.3) is 0 Å². The average Bonchev–Trinajstić information content (AvgIpc) is 2.48. The largest absolute Gasteiger partial charge is 0.376 e. The number of nitrogens with one attached hydrogen (secondary N) is 2. The Balaban J connectivity index is 1.80. The van der Waals surface area contributed by atoms with Crippen molar-refractivity contribution in [3.63, 3.8) is 0 Å². The molecular formula is C23H46N2O2. The van der Waals surface area contributed by atoms with Crippen LogP contribution in [0.25, 0.3) is 0 Å². The molecule has 160 valence electrons. The molecule has 0 spiro atoms. The lowest BCUT2D eigenvalue weighted by Crippen LogP contribution is -2.63. The minimum atomic E-state index is 0.117. The van der Waals surface area contributed by atoms with Crippen LogP contribution in [0.4, 0.5) is 0 Å². The van der Waals surface area contributed by atoms with Crippen molar-refractivity contribution in [3.8, 4) is 0 Å². The van der Waals surface area contributed by atoms with E-state index in [0.29, 0.717) is 43.3 Å². The highest BCUT2D eigenvalue weighted by Crippen LogP contribution is 2.35. The van der Waals surface area contributed by atoms with E-state index < -0.39 is 0 Å². The first-order valence-corrected chi connectivity index (χ1v) is 11.1. The van der Waals surface area contributed by atoms with Gasteiger partial charge in [-0.1, -0.05) is 27.7 Å². The topological polar surface area (TPSA) is 42.5 Å². The molecule has 0 aromatic heterocycles. The Morgan fingerprint density at radius 3 is 1.93 bits per heavy atom. The number of piperidine rings is 2. The second kappa shape index (κ2) is 8.69. The minimum absolute atomic E-state index is 0.117. The quantitative estimate of drug-likeness (QED) is 0.635. The van der Waals surface area contributed by atoms with Crippen LogP contribution in [0.2, 0.25) is 0 Å². The Morgan fingerprint density at radius 2 is 1.37 bits per heavy atom. The number of hydrogen-bond donors (Lipinski definition) is 2. The summed E-state index contributed by atoms with van der Waals surface area (Å²) in [7, 11) is 0. The molecule has 4 nitrogen and oxygen atoms in total. The average molecular weight is 383 g/mol. The Bertz CT molecular complexity index is 475. The van der Waals surface area contributed by atoms with E-state index in [9.17, 15) is 0 Å². The SMILES string of the molecule is CC(C)C1CC(OCCOC2CC(C)(C)NC(C)(C(C)C)C2)CC(C)(C)N1. The summed E-state index contributed by atoms with van der Waals surface area (Å²) in [6.07, 6.45) is 4.96. The molecule has 2 rings (SSSR count). The molecule has 0 aromatic rings. The maximum Gasteiger partial charge on any atom is 0.0704 e. The highest BCUT2D eigenvalue weighted by Gasteiger charge is 2.42. The molecule has 2 saturated heterocycles. The van der Waals surface area contributed by atoms with Gasteiger partial charge in [-0.25, -0.2) is 0 Å². The first kappa shape index (κ1) is 23.1. The molecule has 2 aliphatic heterocycles. The normalized spacial score (nSPS) is 36.3. The van der Waals surface area contributed by atoms with Gasteiger partial charge in [0.15, 0.2) is 0 Å². The van der Waals surface area contributed by atoms with Crippen LogP contribution in [0.15, 0.2) is 0 Å². The molecule has 0 aliphatic carbocycles. The summed E-state index contributed by atoms with van der Waals surface area (Å²) < 4.78 is 12.6. The van der Waals surface area contributed by atoms with E-state index in [2.05, 4.69) is 72.9 Å². The maximum atomic E-state index is 6.30. The molecule has 4 unspecified atom stereocenters. The van der Waals surface area contributed by atoms with Crippen LogP contribution >= 0.6 is 0 Å². The van der Waals surface area contributed by atoms with Crippen molar-refractivity contribution in [2.24, 2.45) is 11.8 Å². The molecule has 0 bridgehead atoms. The van der Waals surface area contributed by atoms with Gasteiger partial charge in [-0.15, -0.1) is 0 Å². The van der Waals surface area contributed by atoms with Gasteiger partial charge in [0, 0.05) is 22.7 Å². The molecule has 2 heterocycles. The van der Waals surface area contributed by atoms with E-state index in [-0.39, 0.29) is 16.6 Å². The van der Waals surface area contributed by atoms with Crippen molar-refractivity contribution in [1.82, 2.24) is 10.6 Å². The molecule has 0 aromatic carbocycles. The number of ether oxygens (including phenoxy) is 2. The Morgan fingerprint density at radius 1 is 0.815 bits per heavy atom. The molecule has 27 heavy (non-hydrogen) atoms. The fraction of sp³-hybridized carbons (Fsp3) is 1.00. The van der Waals surface area contributed by atoms with Gasteiger partial charge >= 0.3 is 0 Å². The summed E-state index contributed by atoms with van der Waals surface area (Å²) in [5.74, 6) is 1.22. The lowest BCUT2D eigenvalue weighted by atomic mass is 9.74. The van der Waals surface area contributed by atoms with E-state index in [1.807, 2.05) is 0 Å². The lowest BCUT2D eigenvalue weighted by molar-refractivity contribution is -0.0764. The van der Waals surface area contributed by atoms with Crippen LogP contribution < -0.4 is 10.6 Å². The molecule has 0 saturated carbocycles. The molecule has 4 atom stereocenters. The Hall–Kier alpha value is -0.160. The predicted molar refractivity (Wildman–Crippen MR) is 114 cm³/mol. The fourth-order valence-electron chi connectivity index (χ4n) is 5.04. The third kappa shape index (κ3) is 6.69. The standard InChI is InChI=1S/C23H46N2O2/c1-16(2)20-12-18(13-21(5,6)24-20)26-10-11-27-19-14-22(7,8)25-23(9,15-19)17(3)4/h16-20,24-25H,10-15H2,1-9H3. The monoisotopic (exact) mass is 382 g/mol. The second-order valence-corrected chi connectivity index (χ2v) is 11.3. The van der Waals surface area contributed by atoms with Crippen LogP contribution in [0.1, 0.15) is 88.0 Å². The van der Waals surface area contributed by atoms with Gasteiger partial charge in [-0.3, -0.25) is 0 Å². The van der Waals surface area contributed by atoms with E-state index in [0.717, 1.165) is 25.7 Å². The smallest absolute Gasteiger partial charge is 0.0704 e. The lowest BCUT2D eigenvalue weighted by Gasteiger charge is -2.50. The maximum absolute atomic E-state index is 6.30. The van der Waals surface area contributed by atoms with Crippen LogP contribution in [0.5, 0.6) is 0 Å². The zero-order chi connectivity index (χ0) is 20.5. The van der Waals surface area contributed by atoms with Gasteiger partial charge in [0.1, 0.15) is 0 Å². The van der Waals surface area contributed by atoms with E-state index in [1.54, 1.807) is 0 Å². The van der Waals surface area contributed by atoms with Crippen molar-refractivity contribution in [2.75, 3.05) is 13.2 Å². The van der Waals surface area contributed by atoms with Crippen LogP contribution in [0, 0.1) is 11.8 Å². The van der Waals surface area contributed by atoms with Crippen LogP contribution in [-0.2, 0) is 9.47 Å². The number of rotatable bonds is 7. The molecule has 0 radical (unpaired) electrons. The Kier molecular flexibility index (Phi) is 7.44. The van der Waals surface area contributed by atoms with Gasteiger partial charge in [-0.05, 0) is 72.1 Å². The van der Waals surface area contributed by atoms with Crippen molar-refractivity contribution >= 4 is 0 Å². The van der Waals surface area contributed by atoms with Crippen molar-refractivity contribution < 1.29 is 9.47 Å². The minimum Gasteiger partial charge on any atom is -0.376 e. The molecule has 4 heteroatoms. The highest BCUT2D eigenvalue weighted by atomic mass is 16.5. The molecule has 2 aliphatic rings. The van der Waals surface area contributed by atoms with Crippen LogP contribution in [-0.4, -0.2) is 48.1 Å². The van der Waals surface area contributed by atoms with Gasteiger partial charge in [-0.2, -0.15) is 0 Å². The van der Waals surface area contributed by atoms with Crippen molar-refractivity contribution in [2.45, 2.75) is 123 Å². The molecule has 2 fully saturated rings. The first-order chi connectivity index (χ1) is 12.3. The van der Waals surface area contributed by atoms with Gasteiger partial charge < -0.3 is 20.1 Å². The van der Waals surface area contributed by atoms with Crippen molar-refractivity contribution in [1.29, 1.82) is 0 Å². The predicted octanol–water partition coefficient (Wildman–Crippen LogP) is 4.52. The molecule has 0 amide bonds. The van der Waals surface area contributed by atoms with Crippen LogP contribution in [0.3, 0.4) is 0 Å². The van der Waals surface area contributed by atoms with E-state index in [1.165, 1.54) is 0 Å². The highest BCUT2D eigenvalue weighted by molar-refractivity contribution is 5.01. The zero-order valence-electron chi connectivity index (χ0n) is 19.4. The number of hydrogen-bond acceptors (Lipinski definition) is 4. The van der Waals surface area contributed by atoms with Crippen molar-refractivity contribution in [3.05, 3.63) is 0 Å². The second-order valence-electron chi connectivity index (χ2n) is 11.3.